The first kappa shape index (κ1) is 30.7. The second-order valence-corrected chi connectivity index (χ2v) is 11.7. The molecule has 2 atom stereocenters. The molecule has 36 heavy (non-hydrogen) atoms. The van der Waals surface area contributed by atoms with Crippen LogP contribution in [0.4, 0.5) is 0 Å². The van der Waals surface area contributed by atoms with Crippen LogP contribution in [0.15, 0.2) is 30.3 Å². The summed E-state index contributed by atoms with van der Waals surface area (Å²) in [6.07, 6.45) is 11.5. The second-order valence-electron chi connectivity index (χ2n) is 10.5. The van der Waals surface area contributed by atoms with Crippen LogP contribution in [-0.4, -0.2) is 67.1 Å². The van der Waals surface area contributed by atoms with E-state index in [2.05, 4.69) is 27.7 Å². The van der Waals surface area contributed by atoms with Gasteiger partial charge in [0.2, 0.25) is 5.91 Å². The lowest BCUT2D eigenvalue weighted by atomic mass is 9.69. The van der Waals surface area contributed by atoms with Crippen molar-refractivity contribution in [2.45, 2.75) is 91.5 Å². The van der Waals surface area contributed by atoms with E-state index in [1.54, 1.807) is 30.3 Å². The molecule has 0 aliphatic carbocycles. The molecule has 0 aromatic heterocycles. The predicted octanol–water partition coefficient (Wildman–Crippen LogP) is 5.44. The van der Waals surface area contributed by atoms with Crippen LogP contribution in [0.25, 0.3) is 0 Å². The molecule has 2 aliphatic rings. The van der Waals surface area contributed by atoms with Crippen molar-refractivity contribution in [2.24, 2.45) is 5.41 Å². The van der Waals surface area contributed by atoms with E-state index in [1.807, 2.05) is 0 Å². The molecule has 206 valence electrons. The lowest BCUT2D eigenvalue weighted by Gasteiger charge is -2.53. The number of hydrogen-bond donors (Lipinski definition) is 0. The SMILES string of the molecule is CCCC[N+](CCCC)(CCCC)CCCC.O=C1N(S(=O)(=O)[O-])[C@H](c2ccccc2)[C@@]12CCOC2. The third-order valence-electron chi connectivity index (χ3n) is 7.74. The molecule has 1 spiro atoms. The summed E-state index contributed by atoms with van der Waals surface area (Å²) >= 11 is 0. The summed E-state index contributed by atoms with van der Waals surface area (Å²) in [7, 11) is -4.80. The maximum absolute atomic E-state index is 12.1. The smallest absolute Gasteiger partial charge is 0.246 e. The number of quaternary nitrogens is 1. The Morgan fingerprint density at radius 1 is 0.917 bits per heavy atom. The van der Waals surface area contributed by atoms with Crippen LogP contribution in [0, 0.1) is 5.41 Å². The number of unbranched alkanes of at least 4 members (excludes halogenated alkanes) is 4. The van der Waals surface area contributed by atoms with Crippen molar-refractivity contribution < 1.29 is 27.0 Å². The minimum atomic E-state index is -4.80. The minimum Gasteiger partial charge on any atom is -0.731 e. The summed E-state index contributed by atoms with van der Waals surface area (Å²) in [5.41, 5.74) is -0.245. The van der Waals surface area contributed by atoms with E-state index in [-0.39, 0.29) is 6.61 Å². The molecule has 0 unspecified atom stereocenters. The van der Waals surface area contributed by atoms with Gasteiger partial charge in [-0.3, -0.25) is 4.79 Å². The van der Waals surface area contributed by atoms with Gasteiger partial charge in [-0.15, -0.1) is 0 Å². The van der Waals surface area contributed by atoms with Crippen LogP contribution < -0.4 is 0 Å². The van der Waals surface area contributed by atoms with Gasteiger partial charge in [0.1, 0.15) is 5.41 Å². The zero-order valence-electron chi connectivity index (χ0n) is 22.9. The van der Waals surface area contributed by atoms with Gasteiger partial charge in [-0.25, -0.2) is 12.7 Å². The summed E-state index contributed by atoms with van der Waals surface area (Å²) in [6, 6.07) is 7.98. The molecule has 2 aliphatic heterocycles. The van der Waals surface area contributed by atoms with Crippen molar-refractivity contribution in [1.82, 2.24) is 4.31 Å². The van der Waals surface area contributed by atoms with E-state index in [9.17, 15) is 17.8 Å². The fourth-order valence-corrected chi connectivity index (χ4v) is 6.51. The molecular formula is C28H48N2O5S. The highest BCUT2D eigenvalue weighted by Gasteiger charge is 2.64. The van der Waals surface area contributed by atoms with Crippen molar-refractivity contribution in [3.8, 4) is 0 Å². The van der Waals surface area contributed by atoms with Crippen LogP contribution in [0.3, 0.4) is 0 Å². The summed E-state index contributed by atoms with van der Waals surface area (Å²) in [4.78, 5) is 12.1. The number of amides is 1. The average Bonchev–Trinajstić information content (AvgIpc) is 3.39. The topological polar surface area (TPSA) is 86.7 Å². The standard InChI is InChI=1S/C16H36N.C12H13NO5S/c1-5-9-13-17(14-10-6-2,15-11-7-3)16-12-8-4;14-11-12(6-7-18-8-12)10(13(11)19(15,16)17)9-4-2-1-3-5-9/h5-16H2,1-4H3;1-5,10H,6-8H2,(H,15,16,17)/q+1;/p-1/t;10-,12+/m.1/s1. The van der Waals surface area contributed by atoms with Gasteiger partial charge in [0, 0.05) is 6.61 Å². The van der Waals surface area contributed by atoms with Crippen LogP contribution in [0.2, 0.25) is 0 Å². The third kappa shape index (κ3) is 7.53. The highest BCUT2D eigenvalue weighted by molar-refractivity contribution is 7.84. The first-order valence-corrected chi connectivity index (χ1v) is 15.3. The molecule has 0 bridgehead atoms. The monoisotopic (exact) mass is 524 g/mol. The minimum absolute atomic E-state index is 0.164. The summed E-state index contributed by atoms with van der Waals surface area (Å²) in [6.45, 7) is 15.6. The largest absolute Gasteiger partial charge is 0.731 e. The first-order chi connectivity index (χ1) is 17.2. The highest BCUT2D eigenvalue weighted by atomic mass is 32.2. The molecule has 2 heterocycles. The number of carbonyl (C=O) groups excluding carboxylic acids is 1. The number of nitrogens with zero attached hydrogens (tertiary/aromatic N) is 2. The average molecular weight is 525 g/mol. The summed E-state index contributed by atoms with van der Waals surface area (Å²) in [5, 5.41) is 0. The van der Waals surface area contributed by atoms with Crippen molar-refractivity contribution in [1.29, 1.82) is 0 Å². The Bertz CT molecular complexity index is 847. The lowest BCUT2D eigenvalue weighted by Crippen LogP contribution is -2.65. The van der Waals surface area contributed by atoms with Crippen molar-refractivity contribution in [3.63, 3.8) is 0 Å². The van der Waals surface area contributed by atoms with E-state index in [4.69, 9.17) is 4.74 Å². The molecule has 8 heteroatoms. The summed E-state index contributed by atoms with van der Waals surface area (Å²) in [5.74, 6) is -0.645. The molecule has 3 rings (SSSR count). The normalized spacial score (nSPS) is 21.9. The van der Waals surface area contributed by atoms with E-state index < -0.39 is 27.7 Å². The number of β-lactam (4-membered cyclic amide) rings is 1. The van der Waals surface area contributed by atoms with Crippen LogP contribution in [-0.2, 0) is 19.8 Å². The van der Waals surface area contributed by atoms with Gasteiger partial charge >= 0.3 is 0 Å². The van der Waals surface area contributed by atoms with Crippen LogP contribution >= 0.6 is 0 Å². The molecule has 7 nitrogen and oxygen atoms in total. The Balaban J connectivity index is 0.000000256. The lowest BCUT2D eigenvalue weighted by molar-refractivity contribution is -0.929. The van der Waals surface area contributed by atoms with Gasteiger partial charge in [-0.2, -0.15) is 0 Å². The number of ether oxygens (including phenoxy) is 1. The maximum Gasteiger partial charge on any atom is 0.246 e. The molecule has 1 aromatic carbocycles. The Morgan fingerprint density at radius 3 is 1.75 bits per heavy atom. The van der Waals surface area contributed by atoms with Gasteiger partial charge in [-0.1, -0.05) is 83.7 Å². The van der Waals surface area contributed by atoms with Gasteiger partial charge in [0.15, 0.2) is 10.3 Å². The van der Waals surface area contributed by atoms with Crippen molar-refractivity contribution in [2.75, 3.05) is 39.4 Å². The van der Waals surface area contributed by atoms with Gasteiger partial charge in [-0.05, 0) is 37.7 Å². The Kier molecular flexibility index (Phi) is 12.3. The number of carbonyl (C=O) groups is 1. The zero-order chi connectivity index (χ0) is 26.7. The van der Waals surface area contributed by atoms with Crippen LogP contribution in [0.1, 0.15) is 97.1 Å². The maximum atomic E-state index is 12.1. The fourth-order valence-electron chi connectivity index (χ4n) is 5.54. The highest BCUT2D eigenvalue weighted by Crippen LogP contribution is 2.55. The molecule has 0 N–H and O–H groups in total. The molecule has 1 aromatic rings. The van der Waals surface area contributed by atoms with Crippen molar-refractivity contribution in [3.05, 3.63) is 35.9 Å². The second kappa shape index (κ2) is 14.5. The van der Waals surface area contributed by atoms with Gasteiger partial charge in [0.05, 0.1) is 38.8 Å². The Labute approximate surface area is 219 Å². The molecule has 1 amide bonds. The molecular weight excluding hydrogens is 476 g/mol. The summed E-state index contributed by atoms with van der Waals surface area (Å²) < 4.78 is 40.9. The molecule has 0 saturated carbocycles. The molecule has 2 fully saturated rings. The van der Waals surface area contributed by atoms with E-state index >= 15 is 0 Å². The quantitative estimate of drug-likeness (QED) is 0.184. The number of hydrogen-bond acceptors (Lipinski definition) is 5. The first-order valence-electron chi connectivity index (χ1n) is 14.0. The Hall–Kier alpha value is -1.48. The molecule has 2 saturated heterocycles. The third-order valence-corrected chi connectivity index (χ3v) is 8.59. The Morgan fingerprint density at radius 2 is 1.39 bits per heavy atom. The van der Waals surface area contributed by atoms with E-state index in [1.165, 1.54) is 82.0 Å². The molecule has 0 radical (unpaired) electrons. The van der Waals surface area contributed by atoms with E-state index in [0.717, 1.165) is 0 Å². The van der Waals surface area contributed by atoms with E-state index in [0.29, 0.717) is 22.9 Å². The van der Waals surface area contributed by atoms with Crippen LogP contribution in [0.5, 0.6) is 0 Å². The van der Waals surface area contributed by atoms with Crippen molar-refractivity contribution >= 4 is 16.2 Å². The van der Waals surface area contributed by atoms with Gasteiger partial charge in [0.25, 0.3) is 0 Å². The number of benzene rings is 1. The van der Waals surface area contributed by atoms with Gasteiger partial charge < -0.3 is 13.8 Å². The zero-order valence-corrected chi connectivity index (χ0v) is 23.7. The predicted molar refractivity (Wildman–Crippen MR) is 143 cm³/mol. The fraction of sp³-hybridized carbons (Fsp3) is 0.750. The number of rotatable bonds is 14.